The molecule has 0 spiro atoms. The first-order chi connectivity index (χ1) is 10.1. The molecule has 0 aliphatic carbocycles. The molecule has 0 aliphatic rings. The molecule has 2 aromatic rings. The SMILES string of the molecule is CCN(CCC(N)c1ccc(F)cc1)c1ccccc1C. The Kier molecular flexibility index (Phi) is 5.34. The summed E-state index contributed by atoms with van der Waals surface area (Å²) in [6.45, 7) is 6.11. The average Bonchev–Trinajstić information content (AvgIpc) is 2.50. The maximum absolute atomic E-state index is 12.9. The van der Waals surface area contributed by atoms with E-state index in [0.717, 1.165) is 25.1 Å². The lowest BCUT2D eigenvalue weighted by Gasteiger charge is -2.26. The summed E-state index contributed by atoms with van der Waals surface area (Å²) in [5.41, 5.74) is 9.73. The van der Waals surface area contributed by atoms with E-state index in [0.29, 0.717) is 0 Å². The first kappa shape index (κ1) is 15.5. The third kappa shape index (κ3) is 4.05. The van der Waals surface area contributed by atoms with Gasteiger partial charge in [0.1, 0.15) is 5.82 Å². The van der Waals surface area contributed by atoms with Gasteiger partial charge in [-0.3, -0.25) is 0 Å². The van der Waals surface area contributed by atoms with Crippen molar-refractivity contribution in [3.05, 3.63) is 65.5 Å². The number of para-hydroxylation sites is 1. The van der Waals surface area contributed by atoms with Gasteiger partial charge in [-0.2, -0.15) is 0 Å². The van der Waals surface area contributed by atoms with E-state index in [1.54, 1.807) is 12.1 Å². The number of nitrogens with zero attached hydrogens (tertiary/aromatic N) is 1. The summed E-state index contributed by atoms with van der Waals surface area (Å²) in [6, 6.07) is 14.8. The summed E-state index contributed by atoms with van der Waals surface area (Å²) in [4.78, 5) is 2.33. The Labute approximate surface area is 126 Å². The lowest BCUT2D eigenvalue weighted by Crippen LogP contribution is -2.27. The van der Waals surface area contributed by atoms with Gasteiger partial charge in [0.25, 0.3) is 0 Å². The van der Waals surface area contributed by atoms with Crippen LogP contribution in [0.3, 0.4) is 0 Å². The summed E-state index contributed by atoms with van der Waals surface area (Å²) in [5.74, 6) is -0.221. The average molecular weight is 286 g/mol. The van der Waals surface area contributed by atoms with Crippen LogP contribution in [0.15, 0.2) is 48.5 Å². The topological polar surface area (TPSA) is 29.3 Å². The maximum atomic E-state index is 12.9. The molecule has 3 heteroatoms. The number of aryl methyl sites for hydroxylation is 1. The van der Waals surface area contributed by atoms with Crippen LogP contribution in [-0.4, -0.2) is 13.1 Å². The number of nitrogens with two attached hydrogens (primary N) is 1. The van der Waals surface area contributed by atoms with Crippen LogP contribution in [0.1, 0.15) is 30.5 Å². The highest BCUT2D eigenvalue weighted by atomic mass is 19.1. The fourth-order valence-electron chi connectivity index (χ4n) is 2.54. The van der Waals surface area contributed by atoms with Crippen molar-refractivity contribution in [1.82, 2.24) is 0 Å². The molecule has 21 heavy (non-hydrogen) atoms. The third-order valence-electron chi connectivity index (χ3n) is 3.85. The van der Waals surface area contributed by atoms with Gasteiger partial charge in [0.15, 0.2) is 0 Å². The molecule has 0 heterocycles. The van der Waals surface area contributed by atoms with Crippen molar-refractivity contribution in [2.24, 2.45) is 5.73 Å². The Bertz CT molecular complexity index is 566. The van der Waals surface area contributed by atoms with Crippen LogP contribution >= 0.6 is 0 Å². The zero-order valence-electron chi connectivity index (χ0n) is 12.7. The predicted molar refractivity (Wildman–Crippen MR) is 87.0 cm³/mol. The molecular formula is C18H23FN2. The highest BCUT2D eigenvalue weighted by molar-refractivity contribution is 5.52. The minimum Gasteiger partial charge on any atom is -0.372 e. The van der Waals surface area contributed by atoms with Crippen LogP contribution in [0.2, 0.25) is 0 Å². The molecule has 2 nitrogen and oxygen atoms in total. The van der Waals surface area contributed by atoms with Crippen molar-refractivity contribution >= 4 is 5.69 Å². The molecule has 2 N–H and O–H groups in total. The number of benzene rings is 2. The van der Waals surface area contributed by atoms with Gasteiger partial charge in [0.05, 0.1) is 0 Å². The summed E-state index contributed by atoms with van der Waals surface area (Å²) < 4.78 is 12.9. The minimum atomic E-state index is -0.221. The van der Waals surface area contributed by atoms with E-state index in [2.05, 4.69) is 43.0 Å². The molecule has 0 fully saturated rings. The molecular weight excluding hydrogens is 263 g/mol. The lowest BCUT2D eigenvalue weighted by molar-refractivity contribution is 0.614. The van der Waals surface area contributed by atoms with Gasteiger partial charge in [0, 0.05) is 24.8 Å². The largest absolute Gasteiger partial charge is 0.372 e. The molecule has 1 unspecified atom stereocenters. The zero-order valence-corrected chi connectivity index (χ0v) is 12.7. The van der Waals surface area contributed by atoms with Crippen molar-refractivity contribution in [3.63, 3.8) is 0 Å². The van der Waals surface area contributed by atoms with Crippen LogP contribution < -0.4 is 10.6 Å². The second kappa shape index (κ2) is 7.23. The highest BCUT2D eigenvalue weighted by Gasteiger charge is 2.11. The minimum absolute atomic E-state index is 0.0660. The molecule has 0 amide bonds. The second-order valence-corrected chi connectivity index (χ2v) is 5.31. The van der Waals surface area contributed by atoms with Crippen molar-refractivity contribution < 1.29 is 4.39 Å². The Balaban J connectivity index is 2.00. The molecule has 0 saturated heterocycles. The lowest BCUT2D eigenvalue weighted by atomic mass is 10.0. The maximum Gasteiger partial charge on any atom is 0.123 e. The van der Waals surface area contributed by atoms with Crippen molar-refractivity contribution in [1.29, 1.82) is 0 Å². The third-order valence-corrected chi connectivity index (χ3v) is 3.85. The molecule has 1 atom stereocenters. The van der Waals surface area contributed by atoms with E-state index in [1.165, 1.54) is 23.4 Å². The van der Waals surface area contributed by atoms with Crippen LogP contribution in [0.5, 0.6) is 0 Å². The molecule has 0 saturated carbocycles. The smallest absolute Gasteiger partial charge is 0.123 e. The number of halogens is 1. The highest BCUT2D eigenvalue weighted by Crippen LogP contribution is 2.21. The van der Waals surface area contributed by atoms with Gasteiger partial charge in [-0.15, -0.1) is 0 Å². The summed E-state index contributed by atoms with van der Waals surface area (Å²) in [5, 5.41) is 0. The number of anilines is 1. The monoisotopic (exact) mass is 286 g/mol. The Morgan fingerprint density at radius 1 is 1.10 bits per heavy atom. The summed E-state index contributed by atoms with van der Waals surface area (Å²) in [6.07, 6.45) is 0.841. The van der Waals surface area contributed by atoms with Crippen molar-refractivity contribution in [2.45, 2.75) is 26.3 Å². The van der Waals surface area contributed by atoms with Crippen molar-refractivity contribution in [2.75, 3.05) is 18.0 Å². The standard InChI is InChI=1S/C18H23FN2/c1-3-21(18-7-5-4-6-14(18)2)13-12-17(20)15-8-10-16(19)11-9-15/h4-11,17H,3,12-13,20H2,1-2H3. The van der Waals surface area contributed by atoms with Gasteiger partial charge in [-0.1, -0.05) is 30.3 Å². The number of hydrogen-bond donors (Lipinski definition) is 1. The second-order valence-electron chi connectivity index (χ2n) is 5.31. The van der Waals surface area contributed by atoms with Gasteiger partial charge in [-0.05, 0) is 49.6 Å². The summed E-state index contributed by atoms with van der Waals surface area (Å²) in [7, 11) is 0. The quantitative estimate of drug-likeness (QED) is 0.868. The molecule has 2 rings (SSSR count). The van der Waals surface area contributed by atoms with Crippen molar-refractivity contribution in [3.8, 4) is 0 Å². The van der Waals surface area contributed by atoms with Gasteiger partial charge in [0.2, 0.25) is 0 Å². The first-order valence-corrected chi connectivity index (χ1v) is 7.43. The number of rotatable bonds is 6. The fourth-order valence-corrected chi connectivity index (χ4v) is 2.54. The normalized spacial score (nSPS) is 12.2. The Morgan fingerprint density at radius 2 is 1.76 bits per heavy atom. The van der Waals surface area contributed by atoms with E-state index < -0.39 is 0 Å². The first-order valence-electron chi connectivity index (χ1n) is 7.43. The van der Waals surface area contributed by atoms with E-state index in [1.807, 2.05) is 0 Å². The molecule has 0 aromatic heterocycles. The summed E-state index contributed by atoms with van der Waals surface area (Å²) >= 11 is 0. The zero-order chi connectivity index (χ0) is 15.2. The number of hydrogen-bond acceptors (Lipinski definition) is 2. The van der Waals surface area contributed by atoms with Crippen LogP contribution in [0.4, 0.5) is 10.1 Å². The van der Waals surface area contributed by atoms with Crippen LogP contribution in [0.25, 0.3) is 0 Å². The van der Waals surface area contributed by atoms with E-state index in [-0.39, 0.29) is 11.9 Å². The van der Waals surface area contributed by atoms with Gasteiger partial charge < -0.3 is 10.6 Å². The van der Waals surface area contributed by atoms with E-state index in [4.69, 9.17) is 5.73 Å². The Morgan fingerprint density at radius 3 is 2.38 bits per heavy atom. The van der Waals surface area contributed by atoms with E-state index in [9.17, 15) is 4.39 Å². The molecule has 0 radical (unpaired) electrons. The van der Waals surface area contributed by atoms with Gasteiger partial charge >= 0.3 is 0 Å². The molecule has 0 bridgehead atoms. The predicted octanol–water partition coefficient (Wildman–Crippen LogP) is 4.05. The fraction of sp³-hybridized carbons (Fsp3) is 0.333. The van der Waals surface area contributed by atoms with Crippen LogP contribution in [0, 0.1) is 12.7 Å². The van der Waals surface area contributed by atoms with Crippen LogP contribution in [-0.2, 0) is 0 Å². The Hall–Kier alpha value is -1.87. The molecule has 112 valence electrons. The van der Waals surface area contributed by atoms with E-state index >= 15 is 0 Å². The molecule has 2 aromatic carbocycles. The molecule has 0 aliphatic heterocycles. The van der Waals surface area contributed by atoms with Gasteiger partial charge in [-0.25, -0.2) is 4.39 Å².